The molecule has 0 radical (unpaired) electrons. The van der Waals surface area contributed by atoms with E-state index in [1.165, 1.54) is 0 Å². The van der Waals surface area contributed by atoms with Gasteiger partial charge in [0.2, 0.25) is 0 Å². The van der Waals surface area contributed by atoms with Crippen LogP contribution in [0.4, 0.5) is 0 Å². The summed E-state index contributed by atoms with van der Waals surface area (Å²) in [4.78, 5) is 2.18. The number of nitrogen functional groups attached to an aromatic ring is 1. The molecule has 5 heteroatoms. The highest BCUT2D eigenvalue weighted by Gasteiger charge is 2.12. The Labute approximate surface area is 121 Å². The monoisotopic (exact) mass is 286 g/mol. The van der Waals surface area contributed by atoms with Crippen LogP contribution in [0.15, 0.2) is 52.3 Å². The first kappa shape index (κ1) is 12.9. The first-order valence-corrected chi connectivity index (χ1v) is 7.06. The quantitative estimate of drug-likeness (QED) is 0.672. The average Bonchev–Trinajstić information content (AvgIpc) is 2.48. The zero-order chi connectivity index (χ0) is 13.9. The maximum Gasteiger partial charge on any atom is 0.162 e. The molecule has 2 aromatic rings. The Kier molecular flexibility index (Phi) is 3.52. The van der Waals surface area contributed by atoms with Crippen molar-refractivity contribution < 1.29 is 9.47 Å². The third-order valence-electron chi connectivity index (χ3n) is 2.91. The molecule has 0 fully saturated rings. The molecule has 0 saturated carbocycles. The largest absolute Gasteiger partial charge is 0.486 e. The molecule has 0 atom stereocenters. The highest BCUT2D eigenvalue weighted by atomic mass is 32.2. The highest BCUT2D eigenvalue weighted by molar-refractivity contribution is 7.99. The van der Waals surface area contributed by atoms with Gasteiger partial charge in [0.25, 0.3) is 0 Å². The van der Waals surface area contributed by atoms with E-state index >= 15 is 0 Å². The van der Waals surface area contributed by atoms with Gasteiger partial charge >= 0.3 is 0 Å². The molecule has 0 bridgehead atoms. The van der Waals surface area contributed by atoms with Crippen molar-refractivity contribution in [1.29, 1.82) is 5.41 Å². The summed E-state index contributed by atoms with van der Waals surface area (Å²) in [6.45, 7) is 1.19. The molecule has 0 unspecified atom stereocenters. The SMILES string of the molecule is N=C(N)c1ccc(Sc2ccc3c(c2)OCCO3)cc1. The third kappa shape index (κ3) is 2.72. The Morgan fingerprint density at radius 3 is 2.30 bits per heavy atom. The summed E-state index contributed by atoms with van der Waals surface area (Å²) in [7, 11) is 0. The van der Waals surface area contributed by atoms with Gasteiger partial charge in [-0.2, -0.15) is 0 Å². The van der Waals surface area contributed by atoms with E-state index in [0.29, 0.717) is 13.2 Å². The number of ether oxygens (including phenoxy) is 2. The molecule has 1 aliphatic rings. The predicted molar refractivity (Wildman–Crippen MR) is 79.0 cm³/mol. The van der Waals surface area contributed by atoms with Crippen molar-refractivity contribution in [3.05, 3.63) is 48.0 Å². The van der Waals surface area contributed by atoms with Crippen LogP contribution < -0.4 is 15.2 Å². The van der Waals surface area contributed by atoms with Crippen LogP contribution >= 0.6 is 11.8 Å². The van der Waals surface area contributed by atoms with Crippen LogP contribution in [0.2, 0.25) is 0 Å². The van der Waals surface area contributed by atoms with E-state index in [4.69, 9.17) is 20.6 Å². The molecule has 102 valence electrons. The van der Waals surface area contributed by atoms with Gasteiger partial charge in [0.15, 0.2) is 11.5 Å². The zero-order valence-electron chi connectivity index (χ0n) is 10.8. The molecule has 0 aliphatic carbocycles. The molecule has 0 spiro atoms. The van der Waals surface area contributed by atoms with Gasteiger partial charge in [-0.05, 0) is 30.3 Å². The lowest BCUT2D eigenvalue weighted by molar-refractivity contribution is 0.171. The molecule has 1 aliphatic heterocycles. The van der Waals surface area contributed by atoms with Gasteiger partial charge in [-0.15, -0.1) is 0 Å². The molecular weight excluding hydrogens is 272 g/mol. The van der Waals surface area contributed by atoms with Crippen molar-refractivity contribution in [3.63, 3.8) is 0 Å². The van der Waals surface area contributed by atoms with Gasteiger partial charge in [0.05, 0.1) is 0 Å². The second-order valence-electron chi connectivity index (χ2n) is 4.35. The van der Waals surface area contributed by atoms with E-state index in [1.807, 2.05) is 42.5 Å². The molecule has 4 nitrogen and oxygen atoms in total. The first-order chi connectivity index (χ1) is 9.72. The lowest BCUT2D eigenvalue weighted by Gasteiger charge is -2.18. The van der Waals surface area contributed by atoms with Crippen molar-refractivity contribution in [2.24, 2.45) is 5.73 Å². The van der Waals surface area contributed by atoms with Crippen LogP contribution in [0.1, 0.15) is 5.56 Å². The summed E-state index contributed by atoms with van der Waals surface area (Å²) in [5.41, 5.74) is 6.17. The smallest absolute Gasteiger partial charge is 0.162 e. The minimum Gasteiger partial charge on any atom is -0.486 e. The van der Waals surface area contributed by atoms with E-state index in [9.17, 15) is 0 Å². The van der Waals surface area contributed by atoms with Crippen molar-refractivity contribution in [3.8, 4) is 11.5 Å². The molecule has 0 saturated heterocycles. The van der Waals surface area contributed by atoms with Crippen molar-refractivity contribution in [2.75, 3.05) is 13.2 Å². The Balaban J connectivity index is 1.78. The summed E-state index contributed by atoms with van der Waals surface area (Å²) in [5, 5.41) is 7.37. The molecule has 0 aromatic heterocycles. The number of benzene rings is 2. The van der Waals surface area contributed by atoms with Gasteiger partial charge in [-0.3, -0.25) is 5.41 Å². The second kappa shape index (κ2) is 5.46. The Morgan fingerprint density at radius 1 is 0.950 bits per heavy atom. The fourth-order valence-electron chi connectivity index (χ4n) is 1.93. The Hall–Kier alpha value is -2.14. The van der Waals surface area contributed by atoms with Crippen molar-refractivity contribution in [1.82, 2.24) is 0 Å². The normalized spacial score (nSPS) is 13.0. The Bertz CT molecular complexity index is 641. The lowest BCUT2D eigenvalue weighted by Crippen LogP contribution is -2.15. The molecule has 2 aromatic carbocycles. The number of hydrogen-bond donors (Lipinski definition) is 2. The number of hydrogen-bond acceptors (Lipinski definition) is 4. The predicted octanol–water partition coefficient (Wildman–Crippen LogP) is 2.89. The van der Waals surface area contributed by atoms with Crippen LogP contribution in [-0.4, -0.2) is 19.0 Å². The minimum atomic E-state index is 0.0841. The number of amidine groups is 1. The van der Waals surface area contributed by atoms with E-state index in [2.05, 4.69) is 0 Å². The van der Waals surface area contributed by atoms with Crippen LogP contribution in [0.25, 0.3) is 0 Å². The molecule has 1 heterocycles. The van der Waals surface area contributed by atoms with E-state index < -0.39 is 0 Å². The van der Waals surface area contributed by atoms with Gasteiger partial charge < -0.3 is 15.2 Å². The number of nitrogens with one attached hydrogen (secondary N) is 1. The number of rotatable bonds is 3. The summed E-state index contributed by atoms with van der Waals surface area (Å²) in [6.07, 6.45) is 0. The number of fused-ring (bicyclic) bond motifs is 1. The summed E-state index contributed by atoms with van der Waals surface area (Å²) in [6, 6.07) is 13.5. The molecular formula is C15H14N2O2S. The highest BCUT2D eigenvalue weighted by Crippen LogP contribution is 2.36. The molecule has 20 heavy (non-hydrogen) atoms. The van der Waals surface area contributed by atoms with Gasteiger partial charge in [0.1, 0.15) is 19.0 Å². The fraction of sp³-hybridized carbons (Fsp3) is 0.133. The second-order valence-corrected chi connectivity index (χ2v) is 5.49. The minimum absolute atomic E-state index is 0.0841. The van der Waals surface area contributed by atoms with Crippen LogP contribution in [-0.2, 0) is 0 Å². The van der Waals surface area contributed by atoms with Crippen molar-refractivity contribution in [2.45, 2.75) is 9.79 Å². The van der Waals surface area contributed by atoms with E-state index in [0.717, 1.165) is 26.9 Å². The average molecular weight is 286 g/mol. The van der Waals surface area contributed by atoms with Gasteiger partial charge in [0, 0.05) is 15.4 Å². The van der Waals surface area contributed by atoms with E-state index in [1.54, 1.807) is 11.8 Å². The zero-order valence-corrected chi connectivity index (χ0v) is 11.6. The maximum absolute atomic E-state index is 7.37. The van der Waals surface area contributed by atoms with Crippen molar-refractivity contribution >= 4 is 17.6 Å². The third-order valence-corrected chi connectivity index (χ3v) is 3.91. The molecule has 3 N–H and O–H groups in total. The number of nitrogens with two attached hydrogens (primary N) is 1. The van der Waals surface area contributed by atoms with E-state index in [-0.39, 0.29) is 5.84 Å². The maximum atomic E-state index is 7.37. The Morgan fingerprint density at radius 2 is 1.60 bits per heavy atom. The van der Waals surface area contributed by atoms with Gasteiger partial charge in [-0.1, -0.05) is 23.9 Å². The fourth-order valence-corrected chi connectivity index (χ4v) is 2.77. The summed E-state index contributed by atoms with van der Waals surface area (Å²) >= 11 is 1.63. The van der Waals surface area contributed by atoms with Gasteiger partial charge in [-0.25, -0.2) is 0 Å². The molecule has 3 rings (SSSR count). The first-order valence-electron chi connectivity index (χ1n) is 6.24. The standard InChI is InChI=1S/C15H14N2O2S/c16-15(17)10-1-3-11(4-2-10)20-12-5-6-13-14(9-12)19-8-7-18-13/h1-6,9H,7-8H2,(H3,16,17). The topological polar surface area (TPSA) is 68.3 Å². The molecule has 0 amide bonds. The van der Waals surface area contributed by atoms with Crippen LogP contribution in [0, 0.1) is 5.41 Å². The summed E-state index contributed by atoms with van der Waals surface area (Å²) in [5.74, 6) is 1.68. The summed E-state index contributed by atoms with van der Waals surface area (Å²) < 4.78 is 11.1. The van der Waals surface area contributed by atoms with Crippen LogP contribution in [0.3, 0.4) is 0 Å². The van der Waals surface area contributed by atoms with Crippen LogP contribution in [0.5, 0.6) is 11.5 Å². The lowest BCUT2D eigenvalue weighted by atomic mass is 10.2.